The highest BCUT2D eigenvalue weighted by atomic mass is 16.5. The van der Waals surface area contributed by atoms with Gasteiger partial charge >= 0.3 is 6.03 Å². The van der Waals surface area contributed by atoms with Crippen LogP contribution in [0.2, 0.25) is 0 Å². The van der Waals surface area contributed by atoms with Gasteiger partial charge < -0.3 is 15.0 Å². The molecule has 0 bridgehead atoms. The summed E-state index contributed by atoms with van der Waals surface area (Å²) in [5, 5.41) is 11.6. The predicted octanol–water partition coefficient (Wildman–Crippen LogP) is 3.65. The van der Waals surface area contributed by atoms with Crippen LogP contribution < -0.4 is 15.5 Å². The Morgan fingerprint density at radius 2 is 1.74 bits per heavy atom. The summed E-state index contributed by atoms with van der Waals surface area (Å²) in [7, 11) is 1.59. The number of rotatable bonds is 8. The van der Waals surface area contributed by atoms with Gasteiger partial charge in [-0.15, -0.1) is 0 Å². The Kier molecular flexibility index (Phi) is 7.63. The van der Waals surface area contributed by atoms with Crippen LogP contribution in [0.1, 0.15) is 35.7 Å². The molecule has 2 aromatic carbocycles. The highest BCUT2D eigenvalue weighted by Gasteiger charge is 2.14. The summed E-state index contributed by atoms with van der Waals surface area (Å²) < 4.78 is 5.12. The maximum atomic E-state index is 12.7. The van der Waals surface area contributed by atoms with Crippen LogP contribution in [0.15, 0.2) is 48.5 Å². The van der Waals surface area contributed by atoms with Crippen molar-refractivity contribution >= 4 is 17.6 Å². The van der Waals surface area contributed by atoms with Gasteiger partial charge in [-0.25, -0.2) is 10.3 Å². The molecule has 0 saturated carbocycles. The maximum Gasteiger partial charge on any atom is 0.322 e. The average molecular weight is 371 g/mol. The third-order valence-corrected chi connectivity index (χ3v) is 4.10. The lowest BCUT2D eigenvalue weighted by molar-refractivity contribution is 0.0706. The molecule has 2 aromatic rings. The number of urea groups is 1. The van der Waals surface area contributed by atoms with Gasteiger partial charge in [0, 0.05) is 24.3 Å². The number of ether oxygens (including phenoxy) is 1. The van der Waals surface area contributed by atoms with Crippen molar-refractivity contribution in [3.63, 3.8) is 0 Å². The Labute approximate surface area is 158 Å². The Morgan fingerprint density at radius 3 is 2.30 bits per heavy atom. The van der Waals surface area contributed by atoms with E-state index in [1.807, 2.05) is 0 Å². The first-order valence-electron chi connectivity index (χ1n) is 8.80. The van der Waals surface area contributed by atoms with Gasteiger partial charge in [0.2, 0.25) is 0 Å². The third kappa shape index (κ3) is 6.00. The van der Waals surface area contributed by atoms with Gasteiger partial charge in [-0.1, -0.05) is 25.5 Å². The number of nitrogens with zero attached hydrogens (tertiary/aromatic N) is 1. The number of unbranched alkanes of at least 4 members (excludes halogenated alkanes) is 1. The molecule has 0 aliphatic heterocycles. The van der Waals surface area contributed by atoms with E-state index in [2.05, 4.69) is 12.2 Å². The van der Waals surface area contributed by atoms with Crippen molar-refractivity contribution in [2.75, 3.05) is 19.0 Å². The highest BCUT2D eigenvalue weighted by Crippen LogP contribution is 2.16. The lowest BCUT2D eigenvalue weighted by Gasteiger charge is -2.23. The number of hydrogen-bond donors (Lipinski definition) is 3. The molecule has 0 spiro atoms. The fraction of sp³-hybridized carbons (Fsp3) is 0.300. The quantitative estimate of drug-likeness (QED) is 0.488. The zero-order valence-electron chi connectivity index (χ0n) is 15.6. The van der Waals surface area contributed by atoms with E-state index in [4.69, 9.17) is 9.94 Å². The Hall–Kier alpha value is -3.06. The van der Waals surface area contributed by atoms with Gasteiger partial charge in [-0.2, -0.15) is 0 Å². The lowest BCUT2D eigenvalue weighted by atomic mass is 10.1. The molecule has 7 nitrogen and oxygen atoms in total. The number of hydroxylamine groups is 1. The number of carbonyl (C=O) groups is 2. The predicted molar refractivity (Wildman–Crippen MR) is 103 cm³/mol. The summed E-state index contributed by atoms with van der Waals surface area (Å²) in [6.07, 6.45) is 1.86. The van der Waals surface area contributed by atoms with Gasteiger partial charge in [-0.3, -0.25) is 10.0 Å². The Bertz CT molecular complexity index is 745. The van der Waals surface area contributed by atoms with Crippen molar-refractivity contribution < 1.29 is 19.5 Å². The number of anilines is 1. The lowest BCUT2D eigenvalue weighted by Crippen LogP contribution is -2.35. The molecule has 7 heteroatoms. The van der Waals surface area contributed by atoms with E-state index in [0.29, 0.717) is 24.3 Å². The molecule has 0 aliphatic carbocycles. The standard InChI is InChI=1S/C20H25N3O4/c1-3-4-13-23(14-15-5-7-16(8-6-15)19(24)22-26)20(25)21-17-9-11-18(27-2)12-10-17/h5-12,26H,3-4,13-14H2,1-2H3,(H,21,25)(H,22,24). The smallest absolute Gasteiger partial charge is 0.322 e. The van der Waals surface area contributed by atoms with Crippen LogP contribution in [-0.4, -0.2) is 35.7 Å². The van der Waals surface area contributed by atoms with Crippen molar-refractivity contribution in [1.82, 2.24) is 10.4 Å². The first-order valence-corrected chi connectivity index (χ1v) is 8.80. The van der Waals surface area contributed by atoms with Crippen molar-refractivity contribution in [3.05, 3.63) is 59.7 Å². The van der Waals surface area contributed by atoms with Crippen LogP contribution in [0.4, 0.5) is 10.5 Å². The minimum absolute atomic E-state index is 0.189. The molecule has 0 unspecified atom stereocenters. The minimum atomic E-state index is -0.568. The Balaban J connectivity index is 2.06. The van der Waals surface area contributed by atoms with Crippen LogP contribution in [0, 0.1) is 0 Å². The molecule has 0 aromatic heterocycles. The highest BCUT2D eigenvalue weighted by molar-refractivity contribution is 5.93. The molecule has 2 rings (SSSR count). The molecule has 0 radical (unpaired) electrons. The van der Waals surface area contributed by atoms with Gasteiger partial charge in [0.25, 0.3) is 5.91 Å². The van der Waals surface area contributed by atoms with Crippen LogP contribution in [0.5, 0.6) is 5.75 Å². The van der Waals surface area contributed by atoms with E-state index < -0.39 is 5.91 Å². The first kappa shape index (κ1) is 20.3. The van der Waals surface area contributed by atoms with Crippen LogP contribution in [0.3, 0.4) is 0 Å². The molecule has 0 fully saturated rings. The van der Waals surface area contributed by atoms with Gasteiger partial charge in [0.1, 0.15) is 5.75 Å². The number of amides is 3. The second-order valence-electron chi connectivity index (χ2n) is 6.07. The van der Waals surface area contributed by atoms with Crippen molar-refractivity contribution in [1.29, 1.82) is 0 Å². The van der Waals surface area contributed by atoms with Crippen molar-refractivity contribution in [3.8, 4) is 5.75 Å². The zero-order chi connectivity index (χ0) is 19.6. The molecule has 27 heavy (non-hydrogen) atoms. The number of benzene rings is 2. The van der Waals surface area contributed by atoms with E-state index in [9.17, 15) is 9.59 Å². The van der Waals surface area contributed by atoms with Gasteiger partial charge in [-0.05, 0) is 48.4 Å². The van der Waals surface area contributed by atoms with E-state index in [0.717, 1.165) is 24.2 Å². The summed E-state index contributed by atoms with van der Waals surface area (Å²) in [4.78, 5) is 25.8. The fourth-order valence-electron chi connectivity index (χ4n) is 2.52. The van der Waals surface area contributed by atoms with Gasteiger partial charge in [0.15, 0.2) is 0 Å². The molecular weight excluding hydrogens is 346 g/mol. The van der Waals surface area contributed by atoms with Crippen LogP contribution in [0.25, 0.3) is 0 Å². The topological polar surface area (TPSA) is 90.9 Å². The summed E-state index contributed by atoms with van der Waals surface area (Å²) in [6, 6.07) is 13.7. The molecular formula is C20H25N3O4. The average Bonchev–Trinajstić information content (AvgIpc) is 2.71. The van der Waals surface area contributed by atoms with Crippen LogP contribution in [-0.2, 0) is 6.54 Å². The molecule has 0 aliphatic rings. The second kappa shape index (κ2) is 10.2. The number of hydrogen-bond acceptors (Lipinski definition) is 4. The van der Waals surface area contributed by atoms with Crippen LogP contribution >= 0.6 is 0 Å². The second-order valence-corrected chi connectivity index (χ2v) is 6.07. The summed E-state index contributed by atoms with van der Waals surface area (Å²) in [5.41, 5.74) is 3.54. The minimum Gasteiger partial charge on any atom is -0.497 e. The molecule has 144 valence electrons. The monoisotopic (exact) mass is 371 g/mol. The summed E-state index contributed by atoms with van der Waals surface area (Å²) in [5.74, 6) is 0.157. The molecule has 0 atom stereocenters. The number of nitrogens with one attached hydrogen (secondary N) is 2. The van der Waals surface area contributed by atoms with Crippen molar-refractivity contribution in [2.24, 2.45) is 0 Å². The normalized spacial score (nSPS) is 10.2. The molecule has 3 N–H and O–H groups in total. The maximum absolute atomic E-state index is 12.7. The van der Waals surface area contributed by atoms with Crippen molar-refractivity contribution in [2.45, 2.75) is 26.3 Å². The largest absolute Gasteiger partial charge is 0.497 e. The molecule has 0 heterocycles. The van der Waals surface area contributed by atoms with E-state index in [-0.39, 0.29) is 6.03 Å². The van der Waals surface area contributed by atoms with Gasteiger partial charge in [0.05, 0.1) is 7.11 Å². The Morgan fingerprint density at radius 1 is 1.07 bits per heavy atom. The SMILES string of the molecule is CCCCN(Cc1ccc(C(=O)NO)cc1)C(=O)Nc1ccc(OC)cc1. The molecule has 3 amide bonds. The first-order chi connectivity index (χ1) is 13.1. The van der Waals surface area contributed by atoms with E-state index >= 15 is 0 Å². The zero-order valence-corrected chi connectivity index (χ0v) is 15.6. The van der Waals surface area contributed by atoms with E-state index in [1.54, 1.807) is 66.0 Å². The molecule has 0 saturated heterocycles. The number of carbonyl (C=O) groups excluding carboxylic acids is 2. The van der Waals surface area contributed by atoms with E-state index in [1.165, 1.54) is 0 Å². The third-order valence-electron chi connectivity index (χ3n) is 4.10. The fourth-order valence-corrected chi connectivity index (χ4v) is 2.52. The number of methoxy groups -OCH3 is 1. The summed E-state index contributed by atoms with van der Waals surface area (Å²) in [6.45, 7) is 3.11. The summed E-state index contributed by atoms with van der Waals surface area (Å²) >= 11 is 0.